The predicted molar refractivity (Wildman–Crippen MR) is 136 cm³/mol. The summed E-state index contributed by atoms with van der Waals surface area (Å²) in [5.74, 6) is 0.732. The van der Waals surface area contributed by atoms with Gasteiger partial charge in [0.1, 0.15) is 0 Å². The molecule has 0 bridgehead atoms. The Labute approximate surface area is 191 Å². The highest BCUT2D eigenvalue weighted by molar-refractivity contribution is 5.97. The Kier molecular flexibility index (Phi) is 3.32. The fourth-order valence-electron chi connectivity index (χ4n) is 6.57. The largest absolute Gasteiger partial charge is 0.354 e. The molecule has 2 unspecified atom stereocenters. The molecule has 0 fully saturated rings. The lowest BCUT2D eigenvalue weighted by Crippen LogP contribution is -2.05. The lowest BCUT2D eigenvalue weighted by Gasteiger charge is -2.21. The van der Waals surface area contributed by atoms with Crippen LogP contribution in [0.4, 0.5) is 0 Å². The van der Waals surface area contributed by atoms with Gasteiger partial charge in [-0.15, -0.1) is 0 Å². The van der Waals surface area contributed by atoms with Gasteiger partial charge in [0.05, 0.1) is 11.4 Å². The van der Waals surface area contributed by atoms with E-state index in [1.165, 1.54) is 66.6 Å². The van der Waals surface area contributed by atoms with Crippen LogP contribution >= 0.6 is 0 Å². The average Bonchev–Trinajstić information content (AvgIpc) is 3.58. The molecule has 0 spiro atoms. The molecule has 2 aromatic heterocycles. The van der Waals surface area contributed by atoms with E-state index in [1.54, 1.807) is 0 Å². The Bertz CT molecular complexity index is 1590. The normalized spacial score (nSPS) is 17.8. The maximum Gasteiger partial charge on any atom is 0.0506 e. The zero-order valence-corrected chi connectivity index (χ0v) is 18.1. The minimum Gasteiger partial charge on any atom is -0.354 e. The van der Waals surface area contributed by atoms with Crippen LogP contribution in [-0.2, 0) is 0 Å². The van der Waals surface area contributed by atoms with Crippen molar-refractivity contribution in [2.24, 2.45) is 0 Å². The Morgan fingerprint density at radius 3 is 1.42 bits per heavy atom. The SMILES string of the molecule is c1ccc2c(c1)-c1[nH]c3ccccc3c1C2CC1c2ccccc2-c2[nH]c3ccccc3c21. The summed E-state index contributed by atoms with van der Waals surface area (Å²) >= 11 is 0. The van der Waals surface area contributed by atoms with Gasteiger partial charge in [-0.05, 0) is 40.8 Å². The van der Waals surface area contributed by atoms with E-state index in [9.17, 15) is 0 Å². The molecule has 2 heterocycles. The van der Waals surface area contributed by atoms with Gasteiger partial charge < -0.3 is 9.97 Å². The quantitative estimate of drug-likeness (QED) is 0.284. The average molecular weight is 423 g/mol. The molecule has 2 heteroatoms. The minimum atomic E-state index is 0.366. The van der Waals surface area contributed by atoms with E-state index in [0.717, 1.165) is 6.42 Å². The van der Waals surface area contributed by atoms with E-state index in [1.807, 2.05) is 0 Å². The van der Waals surface area contributed by atoms with Crippen molar-refractivity contribution in [1.29, 1.82) is 0 Å². The maximum absolute atomic E-state index is 3.74. The number of fused-ring (bicyclic) bond motifs is 10. The van der Waals surface area contributed by atoms with Gasteiger partial charge in [0.15, 0.2) is 0 Å². The van der Waals surface area contributed by atoms with Gasteiger partial charge in [-0.25, -0.2) is 0 Å². The third-order valence-electron chi connectivity index (χ3n) is 7.87. The van der Waals surface area contributed by atoms with Crippen molar-refractivity contribution in [2.45, 2.75) is 18.3 Å². The van der Waals surface area contributed by atoms with Gasteiger partial charge in [-0.1, -0.05) is 84.9 Å². The summed E-state index contributed by atoms with van der Waals surface area (Å²) < 4.78 is 0. The molecule has 0 radical (unpaired) electrons. The number of benzene rings is 4. The molecular weight excluding hydrogens is 400 g/mol. The second-order valence-corrected chi connectivity index (χ2v) is 9.43. The summed E-state index contributed by atoms with van der Waals surface area (Å²) in [7, 11) is 0. The topological polar surface area (TPSA) is 31.6 Å². The molecule has 0 saturated carbocycles. The van der Waals surface area contributed by atoms with E-state index in [2.05, 4.69) is 107 Å². The van der Waals surface area contributed by atoms with Crippen molar-refractivity contribution in [1.82, 2.24) is 9.97 Å². The van der Waals surface area contributed by atoms with Crippen molar-refractivity contribution in [3.63, 3.8) is 0 Å². The van der Waals surface area contributed by atoms with Gasteiger partial charge in [0.2, 0.25) is 0 Å². The zero-order valence-electron chi connectivity index (χ0n) is 18.1. The molecule has 0 aliphatic heterocycles. The van der Waals surface area contributed by atoms with Gasteiger partial charge >= 0.3 is 0 Å². The molecular formula is C31H22N2. The summed E-state index contributed by atoms with van der Waals surface area (Å²) in [6.07, 6.45) is 1.07. The first-order chi connectivity index (χ1) is 16.4. The third-order valence-corrected chi connectivity index (χ3v) is 7.87. The number of aromatic amines is 2. The van der Waals surface area contributed by atoms with Gasteiger partial charge in [-0.3, -0.25) is 0 Å². The maximum atomic E-state index is 3.74. The summed E-state index contributed by atoms with van der Waals surface area (Å²) in [5, 5.41) is 2.72. The number of nitrogens with one attached hydrogen (secondary N) is 2. The van der Waals surface area contributed by atoms with Crippen molar-refractivity contribution >= 4 is 21.8 Å². The van der Waals surface area contributed by atoms with Crippen molar-refractivity contribution in [3.05, 3.63) is 119 Å². The highest BCUT2D eigenvalue weighted by atomic mass is 14.8. The molecule has 6 aromatic rings. The molecule has 33 heavy (non-hydrogen) atoms. The van der Waals surface area contributed by atoms with Crippen LogP contribution in [0.3, 0.4) is 0 Å². The molecule has 2 nitrogen and oxygen atoms in total. The molecule has 2 aliphatic rings. The summed E-state index contributed by atoms with van der Waals surface area (Å²) in [4.78, 5) is 7.49. The van der Waals surface area contributed by atoms with Crippen molar-refractivity contribution in [2.75, 3.05) is 0 Å². The van der Waals surface area contributed by atoms with Gasteiger partial charge in [-0.2, -0.15) is 0 Å². The highest BCUT2D eigenvalue weighted by Crippen LogP contribution is 2.56. The lowest BCUT2D eigenvalue weighted by molar-refractivity contribution is 0.669. The van der Waals surface area contributed by atoms with Crippen LogP contribution in [0.1, 0.15) is 40.5 Å². The third kappa shape index (κ3) is 2.23. The second kappa shape index (κ2) is 6.26. The first-order valence-corrected chi connectivity index (χ1v) is 11.8. The Morgan fingerprint density at radius 2 is 0.909 bits per heavy atom. The van der Waals surface area contributed by atoms with Crippen LogP contribution < -0.4 is 0 Å². The van der Waals surface area contributed by atoms with E-state index in [-0.39, 0.29) is 0 Å². The minimum absolute atomic E-state index is 0.366. The number of rotatable bonds is 2. The monoisotopic (exact) mass is 422 g/mol. The van der Waals surface area contributed by atoms with Gasteiger partial charge in [0, 0.05) is 44.8 Å². The first-order valence-electron chi connectivity index (χ1n) is 11.8. The molecule has 0 amide bonds. The van der Waals surface area contributed by atoms with Crippen LogP contribution in [-0.4, -0.2) is 9.97 Å². The summed E-state index contributed by atoms with van der Waals surface area (Å²) in [6.45, 7) is 0. The molecule has 4 aromatic carbocycles. The molecule has 2 aliphatic carbocycles. The van der Waals surface area contributed by atoms with E-state index in [4.69, 9.17) is 0 Å². The fourth-order valence-corrected chi connectivity index (χ4v) is 6.57. The predicted octanol–water partition coefficient (Wildman–Crippen LogP) is 7.96. The van der Waals surface area contributed by atoms with Crippen molar-refractivity contribution in [3.8, 4) is 22.5 Å². The van der Waals surface area contributed by atoms with Crippen LogP contribution in [0, 0.1) is 0 Å². The molecule has 156 valence electrons. The molecule has 2 N–H and O–H groups in total. The number of hydrogen-bond donors (Lipinski definition) is 2. The lowest BCUT2D eigenvalue weighted by atomic mass is 9.81. The molecule has 0 saturated heterocycles. The van der Waals surface area contributed by atoms with E-state index >= 15 is 0 Å². The van der Waals surface area contributed by atoms with Crippen LogP contribution in [0.2, 0.25) is 0 Å². The Morgan fingerprint density at radius 1 is 0.485 bits per heavy atom. The number of para-hydroxylation sites is 2. The fraction of sp³-hybridized carbons (Fsp3) is 0.0968. The number of H-pyrrole nitrogens is 2. The Hall–Kier alpha value is -4.04. The highest BCUT2D eigenvalue weighted by Gasteiger charge is 2.38. The van der Waals surface area contributed by atoms with Crippen LogP contribution in [0.5, 0.6) is 0 Å². The number of hydrogen-bond acceptors (Lipinski definition) is 0. The second-order valence-electron chi connectivity index (χ2n) is 9.43. The van der Waals surface area contributed by atoms with Gasteiger partial charge in [0.25, 0.3) is 0 Å². The van der Waals surface area contributed by atoms with E-state index < -0.39 is 0 Å². The molecule has 8 rings (SSSR count). The smallest absolute Gasteiger partial charge is 0.0506 e. The zero-order chi connectivity index (χ0) is 21.5. The van der Waals surface area contributed by atoms with Crippen LogP contribution in [0.25, 0.3) is 44.3 Å². The Balaban J connectivity index is 1.37. The molecule has 2 atom stereocenters. The van der Waals surface area contributed by atoms with E-state index in [0.29, 0.717) is 11.8 Å². The van der Waals surface area contributed by atoms with Crippen molar-refractivity contribution < 1.29 is 0 Å². The first kappa shape index (κ1) is 17.5. The van der Waals surface area contributed by atoms with Crippen LogP contribution in [0.15, 0.2) is 97.1 Å². The standard InChI is InChI=1S/C31H22N2/c1-3-11-20-18(9-1)24(28-22-13-5-7-15-26(22)32-30(20)28)17-25-19-10-2-4-12-21(19)31-29(25)23-14-6-8-16-27(23)33-31/h1-16,24-25,32-33H,17H2. The number of aromatic nitrogens is 2. The summed E-state index contributed by atoms with van der Waals surface area (Å²) in [5.41, 5.74) is 13.7. The summed E-state index contributed by atoms with van der Waals surface area (Å²) in [6, 6.07) is 35.5.